The van der Waals surface area contributed by atoms with Gasteiger partial charge in [-0.2, -0.15) is 15.2 Å². The lowest BCUT2D eigenvalue weighted by Crippen LogP contribution is -2.63. The fourth-order valence-electron chi connectivity index (χ4n) is 3.28. The van der Waals surface area contributed by atoms with Gasteiger partial charge < -0.3 is 25.0 Å². The van der Waals surface area contributed by atoms with Crippen LogP contribution in [0.15, 0.2) is 12.3 Å². The Kier molecular flexibility index (Phi) is 4.22. The molecule has 0 unspecified atom stereocenters. The van der Waals surface area contributed by atoms with Crippen LogP contribution >= 0.6 is 0 Å². The van der Waals surface area contributed by atoms with Crippen LogP contribution in [-0.2, 0) is 4.79 Å². The molecule has 0 spiro atoms. The third-order valence-electron chi connectivity index (χ3n) is 4.91. The summed E-state index contributed by atoms with van der Waals surface area (Å²) in [6.07, 6.45) is 2.04. The van der Waals surface area contributed by atoms with E-state index in [0.717, 1.165) is 0 Å². The first-order chi connectivity index (χ1) is 11.9. The van der Waals surface area contributed by atoms with Crippen molar-refractivity contribution in [2.45, 2.75) is 25.5 Å². The second-order valence-corrected chi connectivity index (χ2v) is 6.36. The predicted octanol–water partition coefficient (Wildman–Crippen LogP) is 0.570. The van der Waals surface area contributed by atoms with Crippen molar-refractivity contribution < 1.29 is 15.0 Å². The number of likely N-dealkylation sites (tertiary alicyclic amines) is 1. The minimum absolute atomic E-state index is 0.0574. The predicted molar refractivity (Wildman–Crippen MR) is 89.5 cm³/mol. The number of nitrogens with one attached hydrogen (secondary N) is 1. The van der Waals surface area contributed by atoms with Crippen LogP contribution in [0, 0.1) is 17.2 Å². The van der Waals surface area contributed by atoms with Crippen molar-refractivity contribution in [3.63, 3.8) is 0 Å². The van der Waals surface area contributed by atoms with Crippen LogP contribution in [0.5, 0.6) is 6.01 Å². The second kappa shape index (κ2) is 6.22. The van der Waals surface area contributed by atoms with Gasteiger partial charge in [-0.1, -0.05) is 6.92 Å². The van der Waals surface area contributed by atoms with E-state index in [1.54, 1.807) is 24.2 Å². The number of nitrogens with zero attached hydrogens (tertiary/aromatic N) is 5. The van der Waals surface area contributed by atoms with E-state index < -0.39 is 11.7 Å². The van der Waals surface area contributed by atoms with Gasteiger partial charge in [-0.25, -0.2) is 0 Å². The van der Waals surface area contributed by atoms with Gasteiger partial charge in [-0.15, -0.1) is 0 Å². The van der Waals surface area contributed by atoms with Crippen molar-refractivity contribution in [3.8, 4) is 12.1 Å². The number of carbonyl (C=O) groups is 1. The Hall–Kier alpha value is -2.86. The maximum atomic E-state index is 12.1. The van der Waals surface area contributed by atoms with Crippen molar-refractivity contribution in [1.82, 2.24) is 19.9 Å². The summed E-state index contributed by atoms with van der Waals surface area (Å²) in [4.78, 5) is 26.0. The van der Waals surface area contributed by atoms with Crippen LogP contribution < -0.4 is 4.90 Å². The van der Waals surface area contributed by atoms with E-state index in [1.165, 1.54) is 4.90 Å². The normalized spacial score (nSPS) is 23.4. The van der Waals surface area contributed by atoms with Gasteiger partial charge in [0.2, 0.25) is 5.91 Å². The molecule has 9 heteroatoms. The molecule has 0 aliphatic carbocycles. The third-order valence-corrected chi connectivity index (χ3v) is 4.91. The Labute approximate surface area is 144 Å². The minimum atomic E-state index is -1.38. The zero-order valence-electron chi connectivity index (χ0n) is 14.1. The second-order valence-electron chi connectivity index (χ2n) is 6.36. The Morgan fingerprint density at radius 2 is 2.36 bits per heavy atom. The molecule has 1 aliphatic heterocycles. The van der Waals surface area contributed by atoms with E-state index >= 15 is 0 Å². The van der Waals surface area contributed by atoms with Crippen LogP contribution in [0.4, 0.5) is 5.82 Å². The van der Waals surface area contributed by atoms with Crippen LogP contribution in [0.2, 0.25) is 0 Å². The maximum Gasteiger partial charge on any atom is 0.317 e. The first-order valence-corrected chi connectivity index (χ1v) is 8.02. The van der Waals surface area contributed by atoms with Gasteiger partial charge in [-0.05, 0) is 12.5 Å². The average molecular weight is 344 g/mol. The standard InChI is InChI=1S/C16H20N6O3/c1-10-5-8-22(12(23)3-6-17)9-16(10,25)21(2)14-11-4-7-18-13(11)19-15(24)20-14/h4,7,10,25H,3,5,8-9H2,1-2H3,(H2,18,19,20,24)/t10-,16-/m1/s1. The molecule has 1 amide bonds. The zero-order valence-corrected chi connectivity index (χ0v) is 14.1. The molecule has 0 saturated carbocycles. The molecule has 3 N–H and O–H groups in total. The summed E-state index contributed by atoms with van der Waals surface area (Å²) >= 11 is 0. The number of aromatic hydroxyl groups is 1. The van der Waals surface area contributed by atoms with Crippen LogP contribution in [0.3, 0.4) is 0 Å². The third kappa shape index (κ3) is 2.85. The molecule has 132 valence electrons. The van der Waals surface area contributed by atoms with Crippen molar-refractivity contribution in [3.05, 3.63) is 12.3 Å². The molecule has 2 atom stereocenters. The highest BCUT2D eigenvalue weighted by atomic mass is 16.3. The lowest BCUT2D eigenvalue weighted by molar-refractivity contribution is -0.141. The fraction of sp³-hybridized carbons (Fsp3) is 0.500. The van der Waals surface area contributed by atoms with E-state index in [1.807, 2.05) is 13.0 Å². The van der Waals surface area contributed by atoms with Crippen molar-refractivity contribution >= 4 is 22.8 Å². The lowest BCUT2D eigenvalue weighted by Gasteiger charge is -2.48. The number of aromatic nitrogens is 3. The summed E-state index contributed by atoms with van der Waals surface area (Å²) in [6, 6.07) is 3.21. The highest BCUT2D eigenvalue weighted by molar-refractivity contribution is 5.88. The van der Waals surface area contributed by atoms with Crippen molar-refractivity contribution in [1.29, 1.82) is 5.26 Å². The van der Waals surface area contributed by atoms with Crippen LogP contribution in [0.25, 0.3) is 11.0 Å². The van der Waals surface area contributed by atoms with E-state index in [9.17, 15) is 15.0 Å². The zero-order chi connectivity index (χ0) is 18.2. The van der Waals surface area contributed by atoms with Gasteiger partial charge in [0.1, 0.15) is 17.9 Å². The molecular formula is C16H20N6O3. The Morgan fingerprint density at radius 1 is 1.60 bits per heavy atom. The van der Waals surface area contributed by atoms with Crippen molar-refractivity contribution in [2.75, 3.05) is 25.0 Å². The molecule has 1 saturated heterocycles. The number of anilines is 1. The molecule has 1 fully saturated rings. The molecule has 9 nitrogen and oxygen atoms in total. The summed E-state index contributed by atoms with van der Waals surface area (Å²) < 4.78 is 0. The van der Waals surface area contributed by atoms with E-state index in [4.69, 9.17) is 5.26 Å². The number of likely N-dealkylation sites (N-methyl/N-ethyl adjacent to an activating group) is 1. The van der Waals surface area contributed by atoms with E-state index in [0.29, 0.717) is 29.8 Å². The highest BCUT2D eigenvalue weighted by Gasteiger charge is 2.45. The van der Waals surface area contributed by atoms with E-state index in [2.05, 4.69) is 15.0 Å². The van der Waals surface area contributed by atoms with Crippen LogP contribution in [0.1, 0.15) is 19.8 Å². The molecular weight excluding hydrogens is 324 g/mol. The molecule has 1 aliphatic rings. The molecule has 0 radical (unpaired) electrons. The summed E-state index contributed by atoms with van der Waals surface area (Å²) in [5.74, 6) is -0.0824. The van der Waals surface area contributed by atoms with Crippen LogP contribution in [-0.4, -0.2) is 61.8 Å². The number of aliphatic hydroxyl groups is 1. The Bertz CT molecular complexity index is 844. The summed E-state index contributed by atoms with van der Waals surface area (Å²) in [6.45, 7) is 2.45. The highest BCUT2D eigenvalue weighted by Crippen LogP contribution is 2.35. The first kappa shape index (κ1) is 17.0. The number of β-amino-alcohol motifs (C(OH)–C–C–N with tert-alkyl or cyclic N) is 1. The smallest absolute Gasteiger partial charge is 0.317 e. The van der Waals surface area contributed by atoms with E-state index in [-0.39, 0.29) is 24.8 Å². The molecule has 2 aromatic rings. The summed E-state index contributed by atoms with van der Waals surface area (Å²) in [5, 5.41) is 30.5. The number of H-pyrrole nitrogens is 1. The minimum Gasteiger partial charge on any atom is -0.479 e. The fourth-order valence-corrected chi connectivity index (χ4v) is 3.28. The summed E-state index contributed by atoms with van der Waals surface area (Å²) in [5.41, 5.74) is -0.923. The molecule has 0 aromatic carbocycles. The van der Waals surface area contributed by atoms with Gasteiger partial charge in [0.25, 0.3) is 0 Å². The van der Waals surface area contributed by atoms with Crippen molar-refractivity contribution in [2.24, 2.45) is 5.92 Å². The number of fused-ring (bicyclic) bond motifs is 1. The number of aromatic amines is 1. The number of hydrogen-bond acceptors (Lipinski definition) is 7. The topological polar surface area (TPSA) is 129 Å². The molecule has 3 rings (SSSR count). The van der Waals surface area contributed by atoms with Gasteiger partial charge in [-0.3, -0.25) is 4.79 Å². The number of nitriles is 1. The Balaban J connectivity index is 1.98. The first-order valence-electron chi connectivity index (χ1n) is 8.02. The van der Waals surface area contributed by atoms with Gasteiger partial charge in [0.15, 0.2) is 5.72 Å². The van der Waals surface area contributed by atoms with Gasteiger partial charge in [0.05, 0.1) is 18.0 Å². The average Bonchev–Trinajstić information content (AvgIpc) is 3.04. The molecule has 3 heterocycles. The van der Waals surface area contributed by atoms with Gasteiger partial charge in [0, 0.05) is 25.7 Å². The number of piperidine rings is 1. The monoisotopic (exact) mass is 344 g/mol. The molecule has 0 bridgehead atoms. The number of carbonyl (C=O) groups excluding carboxylic acids is 1. The Morgan fingerprint density at radius 3 is 3.08 bits per heavy atom. The quantitative estimate of drug-likeness (QED) is 0.694. The maximum absolute atomic E-state index is 12.1. The SMILES string of the molecule is C[C@@H]1CCN(C(=O)CC#N)C[C@]1(O)N(C)c1nc(O)nc2[nH]ccc12. The molecule has 25 heavy (non-hydrogen) atoms. The largest absolute Gasteiger partial charge is 0.479 e. The number of amides is 1. The lowest BCUT2D eigenvalue weighted by atomic mass is 9.88. The van der Waals surface area contributed by atoms with Gasteiger partial charge >= 0.3 is 6.01 Å². The number of hydrogen-bond donors (Lipinski definition) is 3. The summed E-state index contributed by atoms with van der Waals surface area (Å²) in [7, 11) is 1.67. The number of rotatable bonds is 3. The molecule has 2 aromatic heterocycles.